The molecule has 92 valence electrons. The zero-order chi connectivity index (χ0) is 12.6. The Kier molecular flexibility index (Phi) is 3.15. The number of nitrogens with zero attached hydrogens (tertiary/aromatic N) is 1. The zero-order valence-corrected chi connectivity index (χ0v) is 10.7. The maximum atomic E-state index is 11.8. The van der Waals surface area contributed by atoms with Crippen molar-refractivity contribution in [2.75, 3.05) is 24.6 Å². The Morgan fingerprint density at radius 1 is 1.53 bits per heavy atom. The third kappa shape index (κ3) is 2.31. The highest BCUT2D eigenvalue weighted by atomic mass is 35.5. The van der Waals surface area contributed by atoms with Gasteiger partial charge in [-0.15, -0.1) is 0 Å². The number of carbonyl (C=O) groups is 1. The Balaban J connectivity index is 2.19. The monoisotopic (exact) mass is 253 g/mol. The molecule has 1 atom stereocenters. The summed E-state index contributed by atoms with van der Waals surface area (Å²) in [4.78, 5) is 13.5. The van der Waals surface area contributed by atoms with Crippen LogP contribution in [0.25, 0.3) is 0 Å². The van der Waals surface area contributed by atoms with Crippen LogP contribution in [0.2, 0.25) is 5.02 Å². The molecule has 1 amide bonds. The van der Waals surface area contributed by atoms with E-state index < -0.39 is 0 Å². The second-order valence-corrected chi connectivity index (χ2v) is 4.84. The van der Waals surface area contributed by atoms with Crippen molar-refractivity contribution in [2.45, 2.75) is 19.4 Å². The van der Waals surface area contributed by atoms with E-state index in [9.17, 15) is 4.79 Å². The lowest BCUT2D eigenvalue weighted by atomic mass is 10.1. The molecule has 1 aromatic rings. The number of halogens is 1. The van der Waals surface area contributed by atoms with Crippen LogP contribution in [0.5, 0.6) is 0 Å². The Morgan fingerprint density at radius 2 is 2.24 bits per heavy atom. The number of benzene rings is 1. The van der Waals surface area contributed by atoms with E-state index in [2.05, 4.69) is 5.32 Å². The first-order chi connectivity index (χ1) is 7.99. The van der Waals surface area contributed by atoms with E-state index in [1.54, 1.807) is 11.0 Å². The number of amides is 1. The highest BCUT2D eigenvalue weighted by molar-refractivity contribution is 6.33. The molecule has 4 nitrogen and oxygen atoms in total. The van der Waals surface area contributed by atoms with Gasteiger partial charge in [-0.2, -0.15) is 0 Å². The van der Waals surface area contributed by atoms with Crippen LogP contribution in [0, 0.1) is 6.92 Å². The van der Waals surface area contributed by atoms with Crippen molar-refractivity contribution in [3.8, 4) is 0 Å². The fraction of sp³-hybridized carbons (Fsp3) is 0.417. The second kappa shape index (κ2) is 4.45. The SMILES string of the molecule is Cc1cc(N)c(Cl)cc1NC1CCN(C)C1=O. The molecule has 1 heterocycles. The van der Waals surface area contributed by atoms with Crippen LogP contribution in [0.15, 0.2) is 12.1 Å². The van der Waals surface area contributed by atoms with E-state index in [0.29, 0.717) is 10.7 Å². The summed E-state index contributed by atoms with van der Waals surface area (Å²) >= 11 is 5.98. The lowest BCUT2D eigenvalue weighted by molar-refractivity contribution is -0.127. The van der Waals surface area contributed by atoms with E-state index >= 15 is 0 Å². The van der Waals surface area contributed by atoms with Crippen LogP contribution in [0.1, 0.15) is 12.0 Å². The first-order valence-electron chi connectivity index (χ1n) is 5.56. The predicted molar refractivity (Wildman–Crippen MR) is 70.3 cm³/mol. The van der Waals surface area contributed by atoms with Gasteiger partial charge in [0.2, 0.25) is 5.91 Å². The molecule has 3 N–H and O–H groups in total. The number of carbonyl (C=O) groups excluding carboxylic acids is 1. The minimum Gasteiger partial charge on any atom is -0.398 e. The molecule has 0 aliphatic carbocycles. The summed E-state index contributed by atoms with van der Waals surface area (Å²) in [6.45, 7) is 2.73. The van der Waals surface area contributed by atoms with Gasteiger partial charge in [0.05, 0.1) is 10.7 Å². The van der Waals surface area contributed by atoms with E-state index in [0.717, 1.165) is 24.2 Å². The smallest absolute Gasteiger partial charge is 0.244 e. The number of likely N-dealkylation sites (N-methyl/N-ethyl adjacent to an activating group) is 1. The summed E-state index contributed by atoms with van der Waals surface area (Å²) in [6.07, 6.45) is 0.816. The standard InChI is InChI=1S/C12H16ClN3O/c1-7-5-9(14)8(13)6-11(7)15-10-3-4-16(2)12(10)17/h5-6,10,15H,3-4,14H2,1-2H3. The third-order valence-corrected chi connectivity index (χ3v) is 3.43. The Labute approximate surface area is 106 Å². The van der Waals surface area contributed by atoms with E-state index in [-0.39, 0.29) is 11.9 Å². The summed E-state index contributed by atoms with van der Waals surface area (Å²) in [5, 5.41) is 3.74. The van der Waals surface area contributed by atoms with Crippen molar-refractivity contribution in [3.05, 3.63) is 22.7 Å². The van der Waals surface area contributed by atoms with Crippen molar-refractivity contribution < 1.29 is 4.79 Å². The van der Waals surface area contributed by atoms with Gasteiger partial charge in [0.15, 0.2) is 0 Å². The van der Waals surface area contributed by atoms with Gasteiger partial charge in [0.25, 0.3) is 0 Å². The number of hydrogen-bond donors (Lipinski definition) is 2. The molecule has 0 saturated carbocycles. The fourth-order valence-electron chi connectivity index (χ4n) is 2.00. The number of likely N-dealkylation sites (tertiary alicyclic amines) is 1. The average molecular weight is 254 g/mol. The molecule has 0 bridgehead atoms. The Bertz CT molecular complexity index is 461. The van der Waals surface area contributed by atoms with E-state index in [4.69, 9.17) is 17.3 Å². The number of nitrogens with one attached hydrogen (secondary N) is 1. The van der Waals surface area contributed by atoms with Crippen LogP contribution in [0.3, 0.4) is 0 Å². The number of nitrogens with two attached hydrogens (primary N) is 1. The second-order valence-electron chi connectivity index (χ2n) is 4.43. The minimum absolute atomic E-state index is 0.123. The predicted octanol–water partition coefficient (Wildman–Crippen LogP) is 1.87. The maximum absolute atomic E-state index is 11.8. The molecule has 2 rings (SSSR count). The van der Waals surface area contributed by atoms with Crippen LogP contribution in [-0.2, 0) is 4.79 Å². The van der Waals surface area contributed by atoms with Crippen molar-refractivity contribution in [3.63, 3.8) is 0 Å². The van der Waals surface area contributed by atoms with Crippen molar-refractivity contribution in [1.82, 2.24) is 4.90 Å². The average Bonchev–Trinajstić information content (AvgIpc) is 2.58. The van der Waals surface area contributed by atoms with Crippen LogP contribution in [0.4, 0.5) is 11.4 Å². The van der Waals surface area contributed by atoms with Gasteiger partial charge in [-0.3, -0.25) is 4.79 Å². The molecule has 17 heavy (non-hydrogen) atoms. The Morgan fingerprint density at radius 3 is 2.82 bits per heavy atom. The molecule has 1 fully saturated rings. The third-order valence-electron chi connectivity index (χ3n) is 3.10. The first kappa shape index (κ1) is 12.0. The van der Waals surface area contributed by atoms with E-state index in [1.807, 2.05) is 20.0 Å². The van der Waals surface area contributed by atoms with Gasteiger partial charge in [-0.05, 0) is 31.0 Å². The number of aryl methyl sites for hydroxylation is 1. The highest BCUT2D eigenvalue weighted by Gasteiger charge is 2.29. The summed E-state index contributed by atoms with van der Waals surface area (Å²) < 4.78 is 0. The molecule has 5 heteroatoms. The van der Waals surface area contributed by atoms with Gasteiger partial charge in [-0.1, -0.05) is 11.6 Å². The fourth-order valence-corrected chi connectivity index (χ4v) is 2.17. The number of nitrogen functional groups attached to an aromatic ring is 1. The summed E-state index contributed by atoms with van der Waals surface area (Å²) in [5.41, 5.74) is 8.14. The van der Waals surface area contributed by atoms with E-state index in [1.165, 1.54) is 0 Å². The molecule has 1 aliphatic rings. The largest absolute Gasteiger partial charge is 0.398 e. The summed E-state index contributed by atoms with van der Waals surface area (Å²) in [7, 11) is 1.81. The topological polar surface area (TPSA) is 58.4 Å². The molecule has 0 aromatic heterocycles. The zero-order valence-electron chi connectivity index (χ0n) is 9.96. The van der Waals surface area contributed by atoms with Crippen molar-refractivity contribution >= 4 is 28.9 Å². The molecule has 1 aliphatic heterocycles. The lowest BCUT2D eigenvalue weighted by Crippen LogP contribution is -2.31. The van der Waals surface area contributed by atoms with Crippen molar-refractivity contribution in [2.24, 2.45) is 0 Å². The molecular weight excluding hydrogens is 238 g/mol. The van der Waals surface area contributed by atoms with Gasteiger partial charge in [0.1, 0.15) is 6.04 Å². The van der Waals surface area contributed by atoms with Crippen LogP contribution in [-0.4, -0.2) is 30.4 Å². The molecular formula is C12H16ClN3O. The normalized spacial score (nSPS) is 19.8. The molecule has 1 saturated heterocycles. The lowest BCUT2D eigenvalue weighted by Gasteiger charge is -2.16. The quantitative estimate of drug-likeness (QED) is 0.792. The van der Waals surface area contributed by atoms with Crippen molar-refractivity contribution in [1.29, 1.82) is 0 Å². The molecule has 0 radical (unpaired) electrons. The molecule has 1 unspecified atom stereocenters. The summed E-state index contributed by atoms with van der Waals surface area (Å²) in [6, 6.07) is 3.43. The molecule has 1 aromatic carbocycles. The van der Waals surface area contributed by atoms with Gasteiger partial charge in [-0.25, -0.2) is 0 Å². The minimum atomic E-state index is -0.154. The molecule has 0 spiro atoms. The first-order valence-corrected chi connectivity index (χ1v) is 5.94. The number of rotatable bonds is 2. The van der Waals surface area contributed by atoms with Crippen LogP contribution >= 0.6 is 11.6 Å². The van der Waals surface area contributed by atoms with Crippen LogP contribution < -0.4 is 11.1 Å². The summed E-state index contributed by atoms with van der Waals surface area (Å²) in [5.74, 6) is 0.123. The Hall–Kier alpha value is -1.42. The van der Waals surface area contributed by atoms with Gasteiger partial charge >= 0.3 is 0 Å². The van der Waals surface area contributed by atoms with Gasteiger partial charge in [0, 0.05) is 19.3 Å². The maximum Gasteiger partial charge on any atom is 0.244 e. The number of anilines is 2. The van der Waals surface area contributed by atoms with Gasteiger partial charge < -0.3 is 16.0 Å². The highest BCUT2D eigenvalue weighted by Crippen LogP contribution is 2.28. The number of hydrogen-bond acceptors (Lipinski definition) is 3.